The van der Waals surface area contributed by atoms with Gasteiger partial charge in [0.05, 0.1) is 30.6 Å². The summed E-state index contributed by atoms with van der Waals surface area (Å²) in [6.07, 6.45) is 7.68. The normalized spacial score (nSPS) is 19.4. The van der Waals surface area contributed by atoms with Crippen LogP contribution in [0.25, 0.3) is 5.65 Å². The summed E-state index contributed by atoms with van der Waals surface area (Å²) in [7, 11) is 0. The molecule has 2 amide bonds. The van der Waals surface area contributed by atoms with Crippen LogP contribution in [0.15, 0.2) is 43.1 Å². The Hall–Kier alpha value is -3.83. The molecule has 40 heavy (non-hydrogen) atoms. The van der Waals surface area contributed by atoms with E-state index in [9.17, 15) is 9.59 Å². The fourth-order valence-corrected chi connectivity index (χ4v) is 5.18. The van der Waals surface area contributed by atoms with Crippen LogP contribution in [0.1, 0.15) is 63.0 Å². The molecule has 1 unspecified atom stereocenters. The molecular weight excluding hydrogens is 508 g/mol. The molecule has 2 saturated heterocycles. The van der Waals surface area contributed by atoms with Crippen molar-refractivity contribution in [1.29, 1.82) is 0 Å². The minimum atomic E-state index is -0.444. The second-order valence-corrected chi connectivity index (χ2v) is 10.7. The number of ether oxygens (including phenoxy) is 1. The van der Waals surface area contributed by atoms with Gasteiger partial charge in [-0.25, -0.2) is 4.90 Å². The lowest BCUT2D eigenvalue weighted by Gasteiger charge is -2.28. The van der Waals surface area contributed by atoms with Gasteiger partial charge in [0.25, 0.3) is 11.8 Å². The van der Waals surface area contributed by atoms with E-state index in [-0.39, 0.29) is 23.9 Å². The van der Waals surface area contributed by atoms with Crippen molar-refractivity contribution in [1.82, 2.24) is 24.9 Å². The number of nitrogens with zero attached hydrogens (tertiary/aromatic N) is 5. The average Bonchev–Trinajstić information content (AvgIpc) is 3.42. The highest BCUT2D eigenvalue weighted by Gasteiger charge is 2.30. The predicted octanol–water partition coefficient (Wildman–Crippen LogP) is 3.64. The molecule has 0 saturated carbocycles. The molecule has 2 aromatic heterocycles. The molecule has 2 aliphatic heterocycles. The molecule has 2 aliphatic rings. The summed E-state index contributed by atoms with van der Waals surface area (Å²) >= 11 is 0. The van der Waals surface area contributed by atoms with E-state index in [0.29, 0.717) is 37.2 Å². The topological polar surface area (TPSA) is 126 Å². The quantitative estimate of drug-likeness (QED) is 0.345. The number of carbonyl (C=O) groups excluding carboxylic acids is 2. The summed E-state index contributed by atoms with van der Waals surface area (Å²) in [5.41, 5.74) is 3.16. The Labute approximate surface area is 234 Å². The number of anilines is 3. The fourth-order valence-electron chi connectivity index (χ4n) is 5.18. The minimum absolute atomic E-state index is 0.149. The number of nitrogens with one attached hydrogen (secondary N) is 3. The van der Waals surface area contributed by atoms with Crippen molar-refractivity contribution in [2.75, 3.05) is 35.3 Å². The number of hydrogen-bond donors (Lipinski definition) is 3. The first kappa shape index (κ1) is 27.7. The van der Waals surface area contributed by atoms with E-state index >= 15 is 0 Å². The van der Waals surface area contributed by atoms with Crippen LogP contribution in [0.4, 0.5) is 17.6 Å². The molecule has 5 rings (SSSR count). The van der Waals surface area contributed by atoms with Crippen molar-refractivity contribution in [2.24, 2.45) is 0 Å². The summed E-state index contributed by atoms with van der Waals surface area (Å²) in [6.45, 7) is 10.4. The first-order chi connectivity index (χ1) is 19.4. The van der Waals surface area contributed by atoms with Gasteiger partial charge in [0.1, 0.15) is 0 Å². The van der Waals surface area contributed by atoms with Gasteiger partial charge in [-0.15, -0.1) is 0 Å². The van der Waals surface area contributed by atoms with E-state index in [0.717, 1.165) is 55.6 Å². The van der Waals surface area contributed by atoms with Crippen molar-refractivity contribution in [2.45, 2.75) is 70.5 Å². The average molecular weight is 547 g/mol. The van der Waals surface area contributed by atoms with E-state index in [1.807, 2.05) is 24.4 Å². The summed E-state index contributed by atoms with van der Waals surface area (Å²) < 4.78 is 7.34. The highest BCUT2D eigenvalue weighted by atomic mass is 16.5. The van der Waals surface area contributed by atoms with Gasteiger partial charge in [-0.1, -0.05) is 39.0 Å². The van der Waals surface area contributed by atoms with Crippen LogP contribution in [0, 0.1) is 0 Å². The highest BCUT2D eigenvalue weighted by molar-refractivity contribution is 6.20. The molecule has 212 valence electrons. The van der Waals surface area contributed by atoms with E-state index in [2.05, 4.69) is 41.5 Å². The third-order valence-corrected chi connectivity index (χ3v) is 7.35. The number of carbonyl (C=O) groups is 2. The zero-order chi connectivity index (χ0) is 28.1. The maximum Gasteiger partial charge on any atom is 0.257 e. The van der Waals surface area contributed by atoms with Gasteiger partial charge in [0.2, 0.25) is 11.9 Å². The number of imide groups is 1. The third-order valence-electron chi connectivity index (χ3n) is 7.35. The first-order valence-electron chi connectivity index (χ1n) is 14.1. The van der Waals surface area contributed by atoms with E-state index in [1.54, 1.807) is 10.6 Å². The highest BCUT2D eigenvalue weighted by Crippen LogP contribution is 2.24. The predicted molar refractivity (Wildman–Crippen MR) is 154 cm³/mol. The summed E-state index contributed by atoms with van der Waals surface area (Å²) in [5, 5.41) is 14.6. The first-order valence-corrected chi connectivity index (χ1v) is 14.1. The zero-order valence-corrected chi connectivity index (χ0v) is 23.2. The van der Waals surface area contributed by atoms with Gasteiger partial charge >= 0.3 is 0 Å². The maximum absolute atomic E-state index is 13.3. The van der Waals surface area contributed by atoms with Gasteiger partial charge < -0.3 is 20.7 Å². The van der Waals surface area contributed by atoms with Crippen LogP contribution < -0.4 is 20.9 Å². The second-order valence-electron chi connectivity index (χ2n) is 10.7. The molecule has 2 atom stereocenters. The Morgan fingerprint density at radius 3 is 2.85 bits per heavy atom. The van der Waals surface area contributed by atoms with Crippen molar-refractivity contribution < 1.29 is 14.3 Å². The van der Waals surface area contributed by atoms with Crippen molar-refractivity contribution in [3.63, 3.8) is 0 Å². The molecule has 0 radical (unpaired) electrons. The molecule has 11 heteroatoms. The van der Waals surface area contributed by atoms with Crippen LogP contribution in [-0.2, 0) is 20.9 Å². The molecule has 1 aromatic carbocycles. The summed E-state index contributed by atoms with van der Waals surface area (Å²) in [4.78, 5) is 36.9. The summed E-state index contributed by atoms with van der Waals surface area (Å²) in [6, 6.07) is 7.16. The number of rotatable bonds is 9. The monoisotopic (exact) mass is 546 g/mol. The molecule has 0 aliphatic carbocycles. The molecule has 3 N–H and O–H groups in total. The molecular formula is C29H38N8O3. The molecule has 2 fully saturated rings. The van der Waals surface area contributed by atoms with Crippen molar-refractivity contribution in [3.8, 4) is 0 Å². The Morgan fingerprint density at radius 2 is 2.12 bits per heavy atom. The lowest BCUT2D eigenvalue weighted by atomic mass is 10.0. The number of hydrogen-bond acceptors (Lipinski definition) is 9. The van der Waals surface area contributed by atoms with E-state index in [1.165, 1.54) is 11.0 Å². The molecule has 3 aromatic rings. The van der Waals surface area contributed by atoms with Crippen LogP contribution in [-0.4, -0.2) is 63.2 Å². The maximum atomic E-state index is 13.3. The van der Waals surface area contributed by atoms with Crippen LogP contribution in [0.5, 0.6) is 0 Å². The lowest BCUT2D eigenvalue weighted by molar-refractivity contribution is -0.126. The Balaban J connectivity index is 1.39. The minimum Gasteiger partial charge on any atom is -0.379 e. The van der Waals surface area contributed by atoms with Crippen LogP contribution in [0.2, 0.25) is 0 Å². The standard InChI is InChI=1S/C29H38N8O3/c1-4-25(38)36(27(39)24-12-5-6-13-30-24)22-11-7-9-20(15-22)16-31-29-35-28(33-21-10-8-14-40-18-21)34-26-23(19(2)3)17-32-37(26)29/h4,7,9,11,15,17,19,21,24,30H,1,5-6,8,10,12-14,16,18H2,2-3H3,(H2,31,33,34,35)/t21-,24?/m1/s1. The van der Waals surface area contributed by atoms with Crippen LogP contribution in [0.3, 0.4) is 0 Å². The Kier molecular flexibility index (Phi) is 8.71. The SMILES string of the molecule is C=CC(=O)N(C(=O)C1CCCCN1)c1cccc(CNc2nc(N[C@@H]3CCCOC3)nc3c(C(C)C)cnn23)c1. The summed E-state index contributed by atoms with van der Waals surface area (Å²) in [5.74, 6) is 0.609. The third kappa shape index (κ3) is 6.15. The molecule has 11 nitrogen and oxygen atoms in total. The van der Waals surface area contributed by atoms with Gasteiger partial charge in [-0.05, 0) is 61.9 Å². The van der Waals surface area contributed by atoms with Crippen molar-refractivity contribution >= 4 is 35.0 Å². The van der Waals surface area contributed by atoms with Gasteiger partial charge in [0, 0.05) is 18.7 Å². The Morgan fingerprint density at radius 1 is 1.25 bits per heavy atom. The smallest absolute Gasteiger partial charge is 0.257 e. The lowest BCUT2D eigenvalue weighted by Crippen LogP contribution is -2.50. The zero-order valence-electron chi connectivity index (χ0n) is 23.2. The number of aromatic nitrogens is 4. The van der Waals surface area contributed by atoms with Crippen LogP contribution >= 0.6 is 0 Å². The van der Waals surface area contributed by atoms with Crippen molar-refractivity contribution in [3.05, 3.63) is 54.2 Å². The van der Waals surface area contributed by atoms with Gasteiger partial charge in [0.15, 0.2) is 5.65 Å². The number of amides is 2. The molecule has 0 spiro atoms. The Bertz CT molecular complexity index is 1360. The van der Waals surface area contributed by atoms with Gasteiger partial charge in [-0.3, -0.25) is 9.59 Å². The molecule has 4 heterocycles. The number of fused-ring (bicyclic) bond motifs is 1. The fraction of sp³-hybridized carbons (Fsp3) is 0.483. The molecule has 0 bridgehead atoms. The van der Waals surface area contributed by atoms with E-state index in [4.69, 9.17) is 14.7 Å². The van der Waals surface area contributed by atoms with E-state index < -0.39 is 5.91 Å². The largest absolute Gasteiger partial charge is 0.379 e. The number of benzene rings is 1. The number of piperidine rings is 1. The second kappa shape index (κ2) is 12.6. The van der Waals surface area contributed by atoms with Gasteiger partial charge in [-0.2, -0.15) is 19.6 Å².